The minimum atomic E-state index is 0.0643. The number of rotatable bonds is 4. The van der Waals surface area contributed by atoms with Crippen molar-refractivity contribution in [1.82, 2.24) is 36.0 Å². The van der Waals surface area contributed by atoms with Crippen molar-refractivity contribution in [3.05, 3.63) is 41.7 Å². The van der Waals surface area contributed by atoms with Crippen molar-refractivity contribution in [2.24, 2.45) is 5.92 Å². The molecule has 2 aliphatic heterocycles. The summed E-state index contributed by atoms with van der Waals surface area (Å²) in [6.07, 6.45) is 3.38. The Hall–Kier alpha value is -2.32. The molecule has 0 radical (unpaired) electrons. The average Bonchev–Trinajstić information content (AvgIpc) is 3.34. The molecule has 4 rings (SSSR count). The van der Waals surface area contributed by atoms with Gasteiger partial charge in [-0.1, -0.05) is 24.3 Å². The number of piperidine rings is 1. The van der Waals surface area contributed by atoms with E-state index in [0.717, 1.165) is 32.5 Å². The van der Waals surface area contributed by atoms with E-state index in [0.29, 0.717) is 17.9 Å². The summed E-state index contributed by atoms with van der Waals surface area (Å²) in [5.41, 5.74) is 9.62. The molecular weight excluding hydrogens is 330 g/mol. The molecule has 3 heterocycles. The molecule has 2 saturated heterocycles. The summed E-state index contributed by atoms with van der Waals surface area (Å²) in [6, 6.07) is 9.05. The second-order valence-corrected chi connectivity index (χ2v) is 7.20. The third-order valence-corrected chi connectivity index (χ3v) is 5.68. The maximum atomic E-state index is 12.4. The summed E-state index contributed by atoms with van der Waals surface area (Å²) >= 11 is 0. The maximum absolute atomic E-state index is 12.4. The summed E-state index contributed by atoms with van der Waals surface area (Å²) in [4.78, 5) is 15.7. The maximum Gasteiger partial charge on any atom is 0.246 e. The first-order chi connectivity index (χ1) is 12.7. The minimum absolute atomic E-state index is 0.0643. The van der Waals surface area contributed by atoms with Gasteiger partial charge in [0, 0.05) is 31.6 Å². The van der Waals surface area contributed by atoms with Gasteiger partial charge in [-0.3, -0.25) is 15.6 Å². The van der Waals surface area contributed by atoms with Crippen LogP contribution in [-0.4, -0.2) is 56.7 Å². The van der Waals surface area contributed by atoms with Gasteiger partial charge in [-0.05, 0) is 42.0 Å². The van der Waals surface area contributed by atoms with E-state index in [1.807, 2.05) is 4.90 Å². The number of hydrazine groups is 1. The monoisotopic (exact) mass is 355 g/mol. The minimum Gasteiger partial charge on any atom is -0.341 e. The Balaban J connectivity index is 1.37. The number of aryl methyl sites for hydroxylation is 1. The largest absolute Gasteiger partial charge is 0.341 e. The lowest BCUT2D eigenvalue weighted by Crippen LogP contribution is -2.46. The summed E-state index contributed by atoms with van der Waals surface area (Å²) < 4.78 is 0. The van der Waals surface area contributed by atoms with Gasteiger partial charge >= 0.3 is 0 Å². The van der Waals surface area contributed by atoms with Gasteiger partial charge in [0.2, 0.25) is 5.91 Å². The molecule has 26 heavy (non-hydrogen) atoms. The molecular formula is C18H25N7O. The van der Waals surface area contributed by atoms with Crippen LogP contribution in [0.15, 0.2) is 30.6 Å². The zero-order chi connectivity index (χ0) is 17.9. The molecule has 0 saturated carbocycles. The number of amides is 1. The molecule has 2 atom stereocenters. The molecule has 8 nitrogen and oxygen atoms in total. The van der Waals surface area contributed by atoms with E-state index >= 15 is 0 Å². The fraction of sp³-hybridized carbons (Fsp3) is 0.556. The molecule has 1 aromatic heterocycles. The Morgan fingerprint density at radius 2 is 2.08 bits per heavy atom. The van der Waals surface area contributed by atoms with E-state index in [1.165, 1.54) is 22.3 Å². The van der Waals surface area contributed by atoms with E-state index in [-0.39, 0.29) is 12.5 Å². The van der Waals surface area contributed by atoms with Crippen molar-refractivity contribution < 1.29 is 4.79 Å². The molecule has 1 amide bonds. The second-order valence-electron chi connectivity index (χ2n) is 7.20. The van der Waals surface area contributed by atoms with Crippen molar-refractivity contribution in [3.8, 4) is 0 Å². The molecule has 138 valence electrons. The van der Waals surface area contributed by atoms with Gasteiger partial charge in [0.25, 0.3) is 0 Å². The molecule has 1 aromatic carbocycles. The van der Waals surface area contributed by atoms with Crippen LogP contribution in [0.2, 0.25) is 0 Å². The van der Waals surface area contributed by atoms with Crippen LogP contribution in [0.5, 0.6) is 0 Å². The number of benzene rings is 1. The molecule has 0 bridgehead atoms. The first-order valence-corrected chi connectivity index (χ1v) is 9.25. The Labute approximate surface area is 152 Å². The molecule has 2 fully saturated rings. The van der Waals surface area contributed by atoms with E-state index in [1.54, 1.807) is 0 Å². The van der Waals surface area contributed by atoms with Crippen molar-refractivity contribution >= 4 is 5.91 Å². The lowest BCUT2D eigenvalue weighted by molar-refractivity contribution is -0.133. The number of carbonyl (C=O) groups is 1. The van der Waals surface area contributed by atoms with E-state index in [4.69, 9.17) is 0 Å². The summed E-state index contributed by atoms with van der Waals surface area (Å²) in [5, 5.41) is 11.3. The highest BCUT2D eigenvalue weighted by molar-refractivity contribution is 5.75. The molecule has 2 aliphatic rings. The SMILES string of the molecule is Cc1ccccc1C1CNNC1C1CCN(C(=O)Cn2ncnn2)CC1. The number of nitrogens with zero attached hydrogens (tertiary/aromatic N) is 5. The van der Waals surface area contributed by atoms with Crippen molar-refractivity contribution in [1.29, 1.82) is 0 Å². The second kappa shape index (κ2) is 7.51. The summed E-state index contributed by atoms with van der Waals surface area (Å²) in [7, 11) is 0. The Kier molecular flexibility index (Phi) is 4.94. The summed E-state index contributed by atoms with van der Waals surface area (Å²) in [5.74, 6) is 1.10. The first-order valence-electron chi connectivity index (χ1n) is 9.25. The predicted octanol–water partition coefficient (Wildman–Crippen LogP) is 0.480. The van der Waals surface area contributed by atoms with Gasteiger partial charge in [0.15, 0.2) is 6.33 Å². The number of hydrogen-bond acceptors (Lipinski definition) is 6. The lowest BCUT2D eigenvalue weighted by atomic mass is 9.79. The van der Waals surface area contributed by atoms with Crippen LogP contribution in [0.3, 0.4) is 0 Å². The molecule has 2 N–H and O–H groups in total. The first kappa shape index (κ1) is 17.1. The number of carbonyl (C=O) groups excluding carboxylic acids is 1. The van der Waals surface area contributed by atoms with E-state index in [2.05, 4.69) is 57.5 Å². The van der Waals surface area contributed by atoms with Crippen LogP contribution in [-0.2, 0) is 11.3 Å². The quantitative estimate of drug-likeness (QED) is 0.829. The average molecular weight is 355 g/mol. The van der Waals surface area contributed by atoms with Crippen LogP contribution in [0.1, 0.15) is 29.9 Å². The van der Waals surface area contributed by atoms with Gasteiger partial charge < -0.3 is 4.90 Å². The fourth-order valence-electron chi connectivity index (χ4n) is 4.26. The van der Waals surface area contributed by atoms with Gasteiger partial charge in [-0.2, -0.15) is 4.80 Å². The van der Waals surface area contributed by atoms with Crippen molar-refractivity contribution in [2.75, 3.05) is 19.6 Å². The van der Waals surface area contributed by atoms with Crippen LogP contribution in [0, 0.1) is 12.8 Å². The Bertz CT molecular complexity index is 740. The topological polar surface area (TPSA) is 88.0 Å². The predicted molar refractivity (Wildman–Crippen MR) is 96.0 cm³/mol. The molecule has 8 heteroatoms. The fourth-order valence-corrected chi connectivity index (χ4v) is 4.26. The number of aromatic nitrogens is 4. The number of likely N-dealkylation sites (tertiary alicyclic amines) is 1. The number of tetrazole rings is 1. The lowest BCUT2D eigenvalue weighted by Gasteiger charge is -2.36. The van der Waals surface area contributed by atoms with Crippen LogP contribution < -0.4 is 10.9 Å². The zero-order valence-electron chi connectivity index (χ0n) is 15.0. The third kappa shape index (κ3) is 3.47. The summed E-state index contributed by atoms with van der Waals surface area (Å²) in [6.45, 7) is 4.88. The van der Waals surface area contributed by atoms with Crippen LogP contribution in [0.25, 0.3) is 0 Å². The van der Waals surface area contributed by atoms with Gasteiger partial charge in [0.05, 0.1) is 0 Å². The standard InChI is InChI=1S/C18H25N7O/c1-13-4-2-3-5-15(13)16-10-19-22-18(16)14-6-8-24(9-7-14)17(26)11-25-21-12-20-23-25/h2-5,12,14,16,18-19,22H,6-11H2,1H3. The Morgan fingerprint density at radius 3 is 2.81 bits per heavy atom. The third-order valence-electron chi connectivity index (χ3n) is 5.68. The molecule has 2 unspecified atom stereocenters. The van der Waals surface area contributed by atoms with Gasteiger partial charge in [-0.25, -0.2) is 0 Å². The molecule has 0 aliphatic carbocycles. The van der Waals surface area contributed by atoms with Crippen LogP contribution >= 0.6 is 0 Å². The van der Waals surface area contributed by atoms with Gasteiger partial charge in [-0.15, -0.1) is 10.2 Å². The van der Waals surface area contributed by atoms with Gasteiger partial charge in [0.1, 0.15) is 6.54 Å². The number of nitrogens with one attached hydrogen (secondary N) is 2. The highest BCUT2D eigenvalue weighted by Gasteiger charge is 2.37. The van der Waals surface area contributed by atoms with Crippen molar-refractivity contribution in [3.63, 3.8) is 0 Å². The highest BCUT2D eigenvalue weighted by Crippen LogP contribution is 2.33. The molecule has 2 aromatic rings. The highest BCUT2D eigenvalue weighted by atomic mass is 16.2. The van der Waals surface area contributed by atoms with Crippen LogP contribution in [0.4, 0.5) is 0 Å². The van der Waals surface area contributed by atoms with E-state index < -0.39 is 0 Å². The Morgan fingerprint density at radius 1 is 1.27 bits per heavy atom. The normalized spacial score (nSPS) is 24.1. The van der Waals surface area contributed by atoms with Crippen molar-refractivity contribution in [2.45, 2.75) is 38.3 Å². The molecule has 0 spiro atoms. The van der Waals surface area contributed by atoms with E-state index in [9.17, 15) is 4.79 Å². The zero-order valence-corrected chi connectivity index (χ0v) is 15.0. The smallest absolute Gasteiger partial charge is 0.246 e. The number of hydrogen-bond donors (Lipinski definition) is 2.